The number of nitrogens with zero attached hydrogens (tertiary/aromatic N) is 2. The molecule has 0 aromatic heterocycles. The third kappa shape index (κ3) is 14.7. The Bertz CT molecular complexity index is 857. The van der Waals surface area contributed by atoms with Crippen LogP contribution in [0.3, 0.4) is 0 Å². The van der Waals surface area contributed by atoms with E-state index in [2.05, 4.69) is 25.9 Å². The Morgan fingerprint density at radius 1 is 0.703 bits per heavy atom. The number of rotatable bonds is 18. The first-order valence-corrected chi connectivity index (χ1v) is 11.2. The summed E-state index contributed by atoms with van der Waals surface area (Å²) in [6.45, 7) is -0.458. The second kappa shape index (κ2) is 17.3. The summed E-state index contributed by atoms with van der Waals surface area (Å²) in [6.07, 6.45) is -0.263. The van der Waals surface area contributed by atoms with Crippen molar-refractivity contribution in [3.8, 4) is 0 Å². The van der Waals surface area contributed by atoms with Crippen molar-refractivity contribution in [2.24, 2.45) is 44.4 Å². The first-order valence-electron chi connectivity index (χ1n) is 11.2. The van der Waals surface area contributed by atoms with Gasteiger partial charge in [-0.2, -0.15) is 0 Å². The number of aliphatic imine (C=N–C) groups is 2. The van der Waals surface area contributed by atoms with Crippen molar-refractivity contribution in [1.29, 1.82) is 0 Å². The van der Waals surface area contributed by atoms with Gasteiger partial charge >= 0.3 is 5.97 Å². The molecule has 0 aliphatic rings. The predicted octanol–water partition coefficient (Wildman–Crippen LogP) is -6.17. The maximum absolute atomic E-state index is 13.0. The van der Waals surface area contributed by atoms with Crippen molar-refractivity contribution in [1.82, 2.24) is 16.0 Å². The molecule has 4 atom stereocenters. The number of hydrogen-bond donors (Lipinski definition) is 11. The zero-order valence-corrected chi connectivity index (χ0v) is 20.3. The molecule has 17 N–H and O–H groups in total. The van der Waals surface area contributed by atoms with Gasteiger partial charge < -0.3 is 60.6 Å². The monoisotopic (exact) mass is 531 g/mol. The predicted molar refractivity (Wildman–Crippen MR) is 132 cm³/mol. The second-order valence-corrected chi connectivity index (χ2v) is 7.88. The lowest BCUT2D eigenvalue weighted by molar-refractivity contribution is -0.143. The van der Waals surface area contributed by atoms with Crippen LogP contribution in [0.4, 0.5) is 0 Å². The normalized spacial score (nSPS) is 13.7. The van der Waals surface area contributed by atoms with Gasteiger partial charge in [0.05, 0.1) is 13.0 Å². The van der Waals surface area contributed by atoms with E-state index in [0.717, 1.165) is 0 Å². The lowest BCUT2D eigenvalue weighted by Crippen LogP contribution is -2.57. The first kappa shape index (κ1) is 32.8. The van der Waals surface area contributed by atoms with Crippen molar-refractivity contribution in [2.45, 2.75) is 56.3 Å². The molecule has 0 heterocycles. The Balaban J connectivity index is 5.70. The number of carboxylic acids is 1. The highest BCUT2D eigenvalue weighted by molar-refractivity contribution is 5.94. The van der Waals surface area contributed by atoms with Gasteiger partial charge in [0.2, 0.25) is 23.6 Å². The fraction of sp³-hybridized carbons (Fsp3) is 0.632. The number of hydrogen-bond acceptors (Lipinski definition) is 9. The largest absolute Gasteiger partial charge is 0.480 e. The van der Waals surface area contributed by atoms with E-state index in [-0.39, 0.29) is 50.7 Å². The second-order valence-electron chi connectivity index (χ2n) is 7.88. The fourth-order valence-electron chi connectivity index (χ4n) is 2.85. The summed E-state index contributed by atoms with van der Waals surface area (Å²) >= 11 is 0. The number of guanidine groups is 2. The van der Waals surface area contributed by atoms with Gasteiger partial charge in [-0.15, -0.1) is 0 Å². The lowest BCUT2D eigenvalue weighted by atomic mass is 10.1. The number of carbonyl (C=O) groups excluding carboxylic acids is 4. The third-order valence-corrected chi connectivity index (χ3v) is 4.71. The molecule has 0 radical (unpaired) electrons. The SMILES string of the molecule is NC(=O)CC(NC(=O)C(CCCN=C(N)N)NC(=O)C(CCCN=C(N)N)NC(=O)C(N)CO)C(=O)O. The van der Waals surface area contributed by atoms with E-state index in [9.17, 15) is 29.1 Å². The number of aliphatic hydroxyl groups is 1. The minimum atomic E-state index is -1.64. The van der Waals surface area contributed by atoms with Crippen molar-refractivity contribution < 1.29 is 34.2 Å². The molecule has 0 aliphatic carbocycles. The highest BCUT2D eigenvalue weighted by atomic mass is 16.4. The number of carbonyl (C=O) groups is 5. The van der Waals surface area contributed by atoms with Crippen molar-refractivity contribution >= 4 is 41.5 Å². The topological polar surface area (TPSA) is 343 Å². The molecule has 37 heavy (non-hydrogen) atoms. The van der Waals surface area contributed by atoms with Crippen LogP contribution in [0, 0.1) is 0 Å². The molecule has 0 aromatic carbocycles. The van der Waals surface area contributed by atoms with Gasteiger partial charge in [0, 0.05) is 13.1 Å². The molecule has 4 amide bonds. The summed E-state index contributed by atoms with van der Waals surface area (Å²) in [5, 5.41) is 25.3. The third-order valence-electron chi connectivity index (χ3n) is 4.71. The smallest absolute Gasteiger partial charge is 0.326 e. The molecule has 0 spiro atoms. The number of carboxylic acid groups (broad SMARTS) is 1. The number of amides is 4. The molecule has 0 saturated carbocycles. The zero-order chi connectivity index (χ0) is 28.5. The van der Waals surface area contributed by atoms with E-state index in [4.69, 9.17) is 39.5 Å². The standard InChI is InChI=1S/C19H37N11O7/c20-9(8-31)14(33)28-10(3-1-5-26-18(22)23)15(34)29-11(4-2-6-27-19(24)25)16(35)30-12(17(36)37)7-13(21)32/h9-12,31H,1-8,20H2,(H2,21,32)(H,28,33)(H,29,34)(H,30,35)(H,36,37)(H4,22,23,26)(H4,24,25,27). The van der Waals surface area contributed by atoms with Crippen LogP contribution in [0.1, 0.15) is 32.1 Å². The van der Waals surface area contributed by atoms with Crippen molar-refractivity contribution in [3.05, 3.63) is 0 Å². The number of aliphatic hydroxyl groups excluding tert-OH is 1. The van der Waals surface area contributed by atoms with E-state index in [1.54, 1.807) is 0 Å². The average Bonchev–Trinajstić information content (AvgIpc) is 2.80. The van der Waals surface area contributed by atoms with Gasteiger partial charge in [-0.05, 0) is 25.7 Å². The Kier molecular flexibility index (Phi) is 15.3. The van der Waals surface area contributed by atoms with Gasteiger partial charge in [0.25, 0.3) is 0 Å². The molecule has 0 aliphatic heterocycles. The molecule has 0 saturated heterocycles. The lowest BCUT2D eigenvalue weighted by Gasteiger charge is -2.25. The molecule has 0 rings (SSSR count). The van der Waals surface area contributed by atoms with Crippen LogP contribution in [0.5, 0.6) is 0 Å². The Hall–Kier alpha value is -4.19. The Morgan fingerprint density at radius 3 is 1.46 bits per heavy atom. The quantitative estimate of drug-likeness (QED) is 0.0447. The van der Waals surface area contributed by atoms with Crippen LogP contribution >= 0.6 is 0 Å². The van der Waals surface area contributed by atoms with E-state index < -0.39 is 66.8 Å². The van der Waals surface area contributed by atoms with E-state index in [1.165, 1.54) is 0 Å². The van der Waals surface area contributed by atoms with Crippen LogP contribution in [0.15, 0.2) is 9.98 Å². The molecule has 18 heteroatoms. The number of nitrogens with one attached hydrogen (secondary N) is 3. The Labute approximate surface area is 212 Å². The van der Waals surface area contributed by atoms with Crippen molar-refractivity contribution in [3.63, 3.8) is 0 Å². The Morgan fingerprint density at radius 2 is 1.11 bits per heavy atom. The van der Waals surface area contributed by atoms with Crippen LogP contribution in [-0.4, -0.2) is 95.6 Å². The highest BCUT2D eigenvalue weighted by Crippen LogP contribution is 2.05. The maximum Gasteiger partial charge on any atom is 0.326 e. The average molecular weight is 532 g/mol. The minimum Gasteiger partial charge on any atom is -0.480 e. The molecular formula is C19H37N11O7. The molecule has 0 aromatic rings. The molecular weight excluding hydrogens is 494 g/mol. The molecule has 210 valence electrons. The first-order chi connectivity index (χ1) is 17.3. The fourth-order valence-corrected chi connectivity index (χ4v) is 2.85. The summed E-state index contributed by atoms with van der Waals surface area (Å²) in [6, 6.07) is -5.47. The summed E-state index contributed by atoms with van der Waals surface area (Å²) in [7, 11) is 0. The van der Waals surface area contributed by atoms with Gasteiger partial charge in [0.1, 0.15) is 24.2 Å². The molecule has 18 nitrogen and oxygen atoms in total. The van der Waals surface area contributed by atoms with Gasteiger partial charge in [0.15, 0.2) is 11.9 Å². The van der Waals surface area contributed by atoms with Crippen LogP contribution in [-0.2, 0) is 24.0 Å². The molecule has 4 unspecified atom stereocenters. The summed E-state index contributed by atoms with van der Waals surface area (Å²) in [5.41, 5.74) is 31.6. The number of nitrogens with two attached hydrogens (primary N) is 6. The van der Waals surface area contributed by atoms with Crippen molar-refractivity contribution in [2.75, 3.05) is 19.7 Å². The zero-order valence-electron chi connectivity index (χ0n) is 20.3. The van der Waals surface area contributed by atoms with Gasteiger partial charge in [-0.25, -0.2) is 4.79 Å². The van der Waals surface area contributed by atoms with Gasteiger partial charge in [-0.3, -0.25) is 29.2 Å². The maximum atomic E-state index is 13.0. The van der Waals surface area contributed by atoms with Crippen LogP contribution in [0.2, 0.25) is 0 Å². The van der Waals surface area contributed by atoms with E-state index >= 15 is 0 Å². The summed E-state index contributed by atoms with van der Waals surface area (Å²) in [5.74, 6) is -5.41. The molecule has 0 bridgehead atoms. The number of aliphatic carboxylic acids is 1. The molecule has 0 fully saturated rings. The minimum absolute atomic E-state index is 0.0221. The highest BCUT2D eigenvalue weighted by Gasteiger charge is 2.30. The van der Waals surface area contributed by atoms with Crippen LogP contribution in [0.25, 0.3) is 0 Å². The summed E-state index contributed by atoms with van der Waals surface area (Å²) < 4.78 is 0. The summed E-state index contributed by atoms with van der Waals surface area (Å²) in [4.78, 5) is 68.1. The number of primary amides is 1. The van der Waals surface area contributed by atoms with E-state index in [0.29, 0.717) is 0 Å². The van der Waals surface area contributed by atoms with E-state index in [1.807, 2.05) is 0 Å². The van der Waals surface area contributed by atoms with Crippen LogP contribution < -0.4 is 50.4 Å². The van der Waals surface area contributed by atoms with Gasteiger partial charge in [-0.1, -0.05) is 0 Å².